The predicted molar refractivity (Wildman–Crippen MR) is 97.7 cm³/mol. The van der Waals surface area contributed by atoms with E-state index in [4.69, 9.17) is 9.59 Å². The molecule has 126 valence electrons. The Morgan fingerprint density at radius 2 is 1.19 bits per heavy atom. The molecule has 0 aliphatic carbocycles. The Kier molecular flexibility index (Phi) is 5.45. The molecule has 1 aromatic heterocycles. The Morgan fingerprint density at radius 1 is 0.654 bits per heavy atom. The highest BCUT2D eigenvalue weighted by Crippen LogP contribution is 2.25. The molecule has 0 unspecified atom stereocenters. The van der Waals surface area contributed by atoms with E-state index in [1.165, 1.54) is 5.56 Å². The summed E-state index contributed by atoms with van der Waals surface area (Å²) in [4.78, 5) is 20.9. The third-order valence-corrected chi connectivity index (χ3v) is 3.76. The van der Waals surface area contributed by atoms with Gasteiger partial charge in [0.15, 0.2) is 11.6 Å². The molecule has 5 heteroatoms. The number of hydrogen-bond donors (Lipinski definition) is 1. The summed E-state index contributed by atoms with van der Waals surface area (Å²) in [6.45, 7) is 0. The lowest BCUT2D eigenvalue weighted by Crippen LogP contribution is -1.83. The summed E-state index contributed by atoms with van der Waals surface area (Å²) in [5, 5.41) is 7.38. The van der Waals surface area contributed by atoms with Crippen molar-refractivity contribution in [2.75, 3.05) is 0 Å². The van der Waals surface area contributed by atoms with Gasteiger partial charge in [-0.25, -0.2) is 4.98 Å². The van der Waals surface area contributed by atoms with Crippen molar-refractivity contribution >= 4 is 6.15 Å². The minimum atomic E-state index is 0.250. The monoisotopic (exact) mass is 341 g/mol. The maximum absolute atomic E-state index is 8.12. The molecule has 0 fully saturated rings. The topological polar surface area (TPSA) is 75.7 Å². The van der Waals surface area contributed by atoms with Gasteiger partial charge in [0.2, 0.25) is 0 Å². The van der Waals surface area contributed by atoms with Gasteiger partial charge in [0.1, 0.15) is 0 Å². The van der Waals surface area contributed by atoms with Crippen molar-refractivity contribution in [3.05, 3.63) is 84.9 Å². The first-order valence-electron chi connectivity index (χ1n) is 7.95. The molecular weight excluding hydrogens is 326 g/mol. The molecule has 3 aromatic carbocycles. The number of H-pyrrole nitrogens is 1. The van der Waals surface area contributed by atoms with Crippen LogP contribution in [-0.4, -0.2) is 21.3 Å². The zero-order chi connectivity index (χ0) is 18.2. The summed E-state index contributed by atoms with van der Waals surface area (Å²) >= 11 is 0. The molecular formula is C21H15N3O2. The van der Waals surface area contributed by atoms with Crippen molar-refractivity contribution in [1.82, 2.24) is 15.2 Å². The van der Waals surface area contributed by atoms with Gasteiger partial charge in [0.25, 0.3) is 0 Å². The quantitative estimate of drug-likeness (QED) is 0.605. The third kappa shape index (κ3) is 3.98. The van der Waals surface area contributed by atoms with Crippen molar-refractivity contribution < 1.29 is 9.59 Å². The lowest BCUT2D eigenvalue weighted by Gasteiger charge is -2.03. The van der Waals surface area contributed by atoms with E-state index in [0.717, 1.165) is 22.5 Å². The van der Waals surface area contributed by atoms with E-state index in [1.54, 1.807) is 0 Å². The van der Waals surface area contributed by atoms with Crippen LogP contribution in [0.15, 0.2) is 84.9 Å². The Labute approximate surface area is 150 Å². The smallest absolute Gasteiger partial charge is 0.259 e. The second-order valence-electron chi connectivity index (χ2n) is 5.40. The normalized spacial score (nSPS) is 9.69. The van der Waals surface area contributed by atoms with E-state index in [0.29, 0.717) is 5.82 Å². The second kappa shape index (κ2) is 8.33. The first-order valence-corrected chi connectivity index (χ1v) is 7.95. The molecule has 5 nitrogen and oxygen atoms in total. The van der Waals surface area contributed by atoms with E-state index in [2.05, 4.69) is 39.4 Å². The van der Waals surface area contributed by atoms with Crippen LogP contribution in [0.25, 0.3) is 33.9 Å². The zero-order valence-corrected chi connectivity index (χ0v) is 13.8. The van der Waals surface area contributed by atoms with Gasteiger partial charge in [-0.1, -0.05) is 78.9 Å². The second-order valence-corrected chi connectivity index (χ2v) is 5.40. The molecule has 4 aromatic rings. The molecule has 0 bridgehead atoms. The fourth-order valence-electron chi connectivity index (χ4n) is 2.58. The Hall–Kier alpha value is -3.82. The molecule has 26 heavy (non-hydrogen) atoms. The molecule has 0 radical (unpaired) electrons. The van der Waals surface area contributed by atoms with Gasteiger partial charge in [-0.2, -0.15) is 14.7 Å². The van der Waals surface area contributed by atoms with Crippen LogP contribution in [0.5, 0.6) is 0 Å². The number of nitrogens with zero attached hydrogens (tertiary/aromatic N) is 2. The summed E-state index contributed by atoms with van der Waals surface area (Å²) in [6.07, 6.45) is 0.250. The van der Waals surface area contributed by atoms with Gasteiger partial charge in [-0.3, -0.25) is 5.10 Å². The highest BCUT2D eigenvalue weighted by Gasteiger charge is 2.08. The fraction of sp³-hybridized carbons (Fsp3) is 0. The maximum Gasteiger partial charge on any atom is 0.373 e. The molecule has 0 aliphatic rings. The molecule has 0 spiro atoms. The van der Waals surface area contributed by atoms with Crippen molar-refractivity contribution in [3.8, 4) is 33.9 Å². The van der Waals surface area contributed by atoms with Crippen LogP contribution in [0.4, 0.5) is 0 Å². The lowest BCUT2D eigenvalue weighted by atomic mass is 10.0. The van der Waals surface area contributed by atoms with Crippen LogP contribution >= 0.6 is 0 Å². The summed E-state index contributed by atoms with van der Waals surface area (Å²) in [5.41, 5.74) is 4.39. The number of benzene rings is 3. The zero-order valence-electron chi connectivity index (χ0n) is 13.8. The van der Waals surface area contributed by atoms with E-state index in [1.807, 2.05) is 60.7 Å². The largest absolute Gasteiger partial charge is 0.373 e. The van der Waals surface area contributed by atoms with E-state index < -0.39 is 0 Å². The van der Waals surface area contributed by atoms with Gasteiger partial charge in [0.05, 0.1) is 0 Å². The molecule has 1 N–H and O–H groups in total. The fourth-order valence-corrected chi connectivity index (χ4v) is 2.58. The number of carbonyl (C=O) groups excluding carboxylic acids is 2. The third-order valence-electron chi connectivity index (χ3n) is 3.76. The average Bonchev–Trinajstić information content (AvgIpc) is 3.20. The Bertz CT molecular complexity index is 1010. The summed E-state index contributed by atoms with van der Waals surface area (Å²) in [5.74, 6) is 1.49. The molecule has 0 aliphatic heterocycles. The van der Waals surface area contributed by atoms with Crippen LogP contribution in [0.1, 0.15) is 0 Å². The van der Waals surface area contributed by atoms with Crippen molar-refractivity contribution in [1.29, 1.82) is 0 Å². The van der Waals surface area contributed by atoms with Crippen molar-refractivity contribution in [2.24, 2.45) is 0 Å². The van der Waals surface area contributed by atoms with Crippen LogP contribution in [0, 0.1) is 0 Å². The number of rotatable bonds is 3. The highest BCUT2D eigenvalue weighted by atomic mass is 16.2. The van der Waals surface area contributed by atoms with Gasteiger partial charge >= 0.3 is 6.15 Å². The number of aromatic amines is 1. The maximum atomic E-state index is 8.12. The van der Waals surface area contributed by atoms with Gasteiger partial charge in [0, 0.05) is 11.1 Å². The first kappa shape index (κ1) is 17.0. The Balaban J connectivity index is 0.000000613. The summed E-state index contributed by atoms with van der Waals surface area (Å²) in [7, 11) is 0. The van der Waals surface area contributed by atoms with E-state index in [-0.39, 0.29) is 6.15 Å². The van der Waals surface area contributed by atoms with Gasteiger partial charge < -0.3 is 0 Å². The molecule has 4 rings (SSSR count). The van der Waals surface area contributed by atoms with E-state index in [9.17, 15) is 0 Å². The van der Waals surface area contributed by atoms with Gasteiger partial charge in [-0.15, -0.1) is 0 Å². The SMILES string of the molecule is O=C=O.c1ccc(-c2cccc(-c3n[nH]c(-c4ccccc4)n3)c2)cc1. The van der Waals surface area contributed by atoms with Crippen LogP contribution in [0.2, 0.25) is 0 Å². The van der Waals surface area contributed by atoms with Crippen LogP contribution < -0.4 is 0 Å². The average molecular weight is 341 g/mol. The molecule has 1 heterocycles. The van der Waals surface area contributed by atoms with Crippen molar-refractivity contribution in [3.63, 3.8) is 0 Å². The number of hydrogen-bond acceptors (Lipinski definition) is 4. The van der Waals surface area contributed by atoms with E-state index >= 15 is 0 Å². The number of aromatic nitrogens is 3. The standard InChI is InChI=1S/C20H15N3.CO2/c1-3-8-15(9-4-1)17-12-7-13-18(14-17)20-21-19(22-23-20)16-10-5-2-6-11-16;2-1-3/h1-14H,(H,21,22,23);. The minimum Gasteiger partial charge on any atom is -0.259 e. The van der Waals surface area contributed by atoms with Gasteiger partial charge in [-0.05, 0) is 17.2 Å². The summed E-state index contributed by atoms with van der Waals surface area (Å²) < 4.78 is 0. The minimum absolute atomic E-state index is 0.250. The lowest BCUT2D eigenvalue weighted by molar-refractivity contribution is -0.191. The molecule has 0 amide bonds. The van der Waals surface area contributed by atoms with Crippen LogP contribution in [0.3, 0.4) is 0 Å². The summed E-state index contributed by atoms with van der Waals surface area (Å²) in [6, 6.07) is 28.6. The number of nitrogens with one attached hydrogen (secondary N) is 1. The predicted octanol–water partition coefficient (Wildman–Crippen LogP) is 4.22. The highest BCUT2D eigenvalue weighted by molar-refractivity contribution is 5.70. The van der Waals surface area contributed by atoms with Crippen LogP contribution in [-0.2, 0) is 9.59 Å². The first-order chi connectivity index (χ1) is 12.8. The molecule has 0 saturated heterocycles. The Morgan fingerprint density at radius 3 is 1.85 bits per heavy atom. The molecule has 0 saturated carbocycles. The molecule has 0 atom stereocenters. The van der Waals surface area contributed by atoms with Crippen molar-refractivity contribution in [2.45, 2.75) is 0 Å².